The first kappa shape index (κ1) is 15.2. The number of hydrogen-bond donors (Lipinski definition) is 1. The lowest BCUT2D eigenvalue weighted by Gasteiger charge is -2.11. The zero-order valence-electron chi connectivity index (χ0n) is 10.9. The molecular formula is C14H11F4NO2. The third-order valence-electron chi connectivity index (χ3n) is 2.81. The Bertz CT molecular complexity index is 656. The molecule has 0 bridgehead atoms. The number of halogens is 4. The number of nitrogens with zero attached hydrogens (tertiary/aromatic N) is 1. The maximum atomic E-state index is 13.1. The Morgan fingerprint density at radius 2 is 1.90 bits per heavy atom. The highest BCUT2D eigenvalue weighted by Crippen LogP contribution is 2.34. The molecule has 0 saturated heterocycles. The fourth-order valence-electron chi connectivity index (χ4n) is 1.70. The first-order valence-electron chi connectivity index (χ1n) is 5.93. The Morgan fingerprint density at radius 3 is 2.48 bits per heavy atom. The van der Waals surface area contributed by atoms with Crippen molar-refractivity contribution in [2.24, 2.45) is 0 Å². The molecule has 0 aliphatic carbocycles. The zero-order chi connectivity index (χ0) is 15.6. The molecule has 0 amide bonds. The van der Waals surface area contributed by atoms with Crippen molar-refractivity contribution in [3.05, 3.63) is 53.0 Å². The molecular weight excluding hydrogens is 290 g/mol. The van der Waals surface area contributed by atoms with Crippen molar-refractivity contribution in [3.63, 3.8) is 0 Å². The van der Waals surface area contributed by atoms with Crippen molar-refractivity contribution < 1.29 is 27.4 Å². The van der Waals surface area contributed by atoms with Crippen molar-refractivity contribution >= 4 is 0 Å². The SMILES string of the molecule is Cc1nc(Oc2ccc(F)c(C(F)(F)F)c2)ccc1CO. The number of pyridine rings is 1. The van der Waals surface area contributed by atoms with Gasteiger partial charge in [-0.25, -0.2) is 9.37 Å². The average molecular weight is 301 g/mol. The summed E-state index contributed by atoms with van der Waals surface area (Å²) in [4.78, 5) is 4.00. The summed E-state index contributed by atoms with van der Waals surface area (Å²) in [5.41, 5.74) is -0.325. The number of alkyl halides is 3. The number of rotatable bonds is 3. The second-order valence-electron chi connectivity index (χ2n) is 4.29. The van der Waals surface area contributed by atoms with Crippen molar-refractivity contribution in [1.82, 2.24) is 4.98 Å². The van der Waals surface area contributed by atoms with Gasteiger partial charge in [0.25, 0.3) is 0 Å². The van der Waals surface area contributed by atoms with Crippen LogP contribution in [-0.2, 0) is 12.8 Å². The molecule has 0 radical (unpaired) electrons. The van der Waals surface area contributed by atoms with Crippen molar-refractivity contribution in [1.29, 1.82) is 0 Å². The molecule has 0 aliphatic heterocycles. The molecule has 0 aliphatic rings. The van der Waals surface area contributed by atoms with E-state index in [0.29, 0.717) is 23.4 Å². The van der Waals surface area contributed by atoms with E-state index in [0.717, 1.165) is 6.07 Å². The highest BCUT2D eigenvalue weighted by molar-refractivity contribution is 5.35. The molecule has 21 heavy (non-hydrogen) atoms. The molecule has 1 aromatic carbocycles. The predicted molar refractivity (Wildman–Crippen MR) is 66.4 cm³/mol. The van der Waals surface area contributed by atoms with E-state index in [1.54, 1.807) is 13.0 Å². The quantitative estimate of drug-likeness (QED) is 0.876. The summed E-state index contributed by atoms with van der Waals surface area (Å²) < 4.78 is 56.1. The Balaban J connectivity index is 2.30. The van der Waals surface area contributed by atoms with Crippen LogP contribution in [-0.4, -0.2) is 10.1 Å². The highest BCUT2D eigenvalue weighted by atomic mass is 19.4. The minimum atomic E-state index is -4.80. The van der Waals surface area contributed by atoms with E-state index in [4.69, 9.17) is 9.84 Å². The maximum absolute atomic E-state index is 13.1. The average Bonchev–Trinajstić information content (AvgIpc) is 2.40. The van der Waals surface area contributed by atoms with Gasteiger partial charge in [-0.3, -0.25) is 0 Å². The molecule has 112 valence electrons. The predicted octanol–water partition coefficient (Wildman–Crippen LogP) is 3.83. The van der Waals surface area contributed by atoms with E-state index in [1.165, 1.54) is 6.07 Å². The van der Waals surface area contributed by atoms with Gasteiger partial charge in [0.2, 0.25) is 5.88 Å². The number of ether oxygens (including phenoxy) is 1. The van der Waals surface area contributed by atoms with Gasteiger partial charge in [-0.1, -0.05) is 0 Å². The van der Waals surface area contributed by atoms with Gasteiger partial charge < -0.3 is 9.84 Å². The normalized spacial score (nSPS) is 11.5. The lowest BCUT2D eigenvalue weighted by molar-refractivity contribution is -0.140. The third-order valence-corrected chi connectivity index (χ3v) is 2.81. The van der Waals surface area contributed by atoms with Gasteiger partial charge >= 0.3 is 6.18 Å². The Kier molecular flexibility index (Phi) is 4.13. The molecule has 2 aromatic rings. The first-order valence-corrected chi connectivity index (χ1v) is 5.93. The van der Waals surface area contributed by atoms with Crippen LogP contribution >= 0.6 is 0 Å². The van der Waals surface area contributed by atoms with E-state index in [1.807, 2.05) is 0 Å². The van der Waals surface area contributed by atoms with Crippen LogP contribution in [0.15, 0.2) is 30.3 Å². The summed E-state index contributed by atoms with van der Waals surface area (Å²) in [5, 5.41) is 9.01. The summed E-state index contributed by atoms with van der Waals surface area (Å²) in [5.74, 6) is -1.48. The van der Waals surface area contributed by atoms with Crippen LogP contribution < -0.4 is 4.74 Å². The number of aryl methyl sites for hydroxylation is 1. The molecule has 1 N–H and O–H groups in total. The van der Waals surface area contributed by atoms with Crippen LogP contribution in [0, 0.1) is 12.7 Å². The van der Waals surface area contributed by atoms with E-state index in [-0.39, 0.29) is 18.2 Å². The van der Waals surface area contributed by atoms with Crippen molar-refractivity contribution in [2.75, 3.05) is 0 Å². The van der Waals surface area contributed by atoms with Crippen LogP contribution in [0.25, 0.3) is 0 Å². The molecule has 1 aromatic heterocycles. The summed E-state index contributed by atoms with van der Waals surface area (Å²) >= 11 is 0. The number of benzene rings is 1. The third kappa shape index (κ3) is 3.49. The topological polar surface area (TPSA) is 42.4 Å². The van der Waals surface area contributed by atoms with E-state index in [2.05, 4.69) is 4.98 Å². The molecule has 3 nitrogen and oxygen atoms in total. The Morgan fingerprint density at radius 1 is 1.19 bits per heavy atom. The number of hydrogen-bond acceptors (Lipinski definition) is 3. The van der Waals surface area contributed by atoms with Gasteiger partial charge in [-0.15, -0.1) is 0 Å². The van der Waals surface area contributed by atoms with Crippen LogP contribution in [0.2, 0.25) is 0 Å². The number of aromatic nitrogens is 1. The smallest absolute Gasteiger partial charge is 0.419 e. The summed E-state index contributed by atoms with van der Waals surface area (Å²) in [7, 11) is 0. The molecule has 1 heterocycles. The second kappa shape index (κ2) is 5.69. The van der Waals surface area contributed by atoms with E-state index < -0.39 is 17.6 Å². The van der Waals surface area contributed by atoms with Crippen LogP contribution in [0.3, 0.4) is 0 Å². The van der Waals surface area contributed by atoms with Gasteiger partial charge in [-0.2, -0.15) is 13.2 Å². The van der Waals surface area contributed by atoms with Crippen LogP contribution in [0.1, 0.15) is 16.8 Å². The lowest BCUT2D eigenvalue weighted by atomic mass is 10.2. The maximum Gasteiger partial charge on any atom is 0.419 e. The Hall–Kier alpha value is -2.15. The molecule has 0 unspecified atom stereocenters. The molecule has 2 rings (SSSR count). The Labute approximate surface area is 117 Å². The van der Waals surface area contributed by atoms with Crippen LogP contribution in [0.4, 0.5) is 17.6 Å². The summed E-state index contributed by atoms with van der Waals surface area (Å²) in [6.45, 7) is 1.43. The zero-order valence-corrected chi connectivity index (χ0v) is 10.9. The monoisotopic (exact) mass is 301 g/mol. The molecule has 0 spiro atoms. The van der Waals surface area contributed by atoms with Crippen molar-refractivity contribution in [3.8, 4) is 11.6 Å². The van der Waals surface area contributed by atoms with Gasteiger partial charge in [-0.05, 0) is 36.8 Å². The van der Waals surface area contributed by atoms with E-state index >= 15 is 0 Å². The standard InChI is InChI=1S/C14H11F4NO2/c1-8-9(7-20)2-5-13(19-8)21-10-3-4-12(15)11(6-10)14(16,17)18/h2-6,20H,7H2,1H3. The summed E-state index contributed by atoms with van der Waals surface area (Å²) in [6.07, 6.45) is -4.80. The molecule has 0 saturated carbocycles. The highest BCUT2D eigenvalue weighted by Gasteiger charge is 2.34. The number of aliphatic hydroxyl groups excluding tert-OH is 1. The number of aliphatic hydroxyl groups is 1. The first-order chi connectivity index (χ1) is 9.81. The van der Waals surface area contributed by atoms with Gasteiger partial charge in [0.15, 0.2) is 0 Å². The molecule has 7 heteroatoms. The fourth-order valence-corrected chi connectivity index (χ4v) is 1.70. The molecule has 0 atom stereocenters. The molecule has 0 fully saturated rings. The summed E-state index contributed by atoms with van der Waals surface area (Å²) in [6, 6.07) is 5.31. The van der Waals surface area contributed by atoms with Gasteiger partial charge in [0.1, 0.15) is 11.6 Å². The minimum absolute atomic E-state index is 0.0597. The second-order valence-corrected chi connectivity index (χ2v) is 4.29. The van der Waals surface area contributed by atoms with E-state index in [9.17, 15) is 17.6 Å². The lowest BCUT2D eigenvalue weighted by Crippen LogP contribution is -2.08. The van der Waals surface area contributed by atoms with Crippen LogP contribution in [0.5, 0.6) is 11.6 Å². The fraction of sp³-hybridized carbons (Fsp3) is 0.214. The largest absolute Gasteiger partial charge is 0.439 e. The van der Waals surface area contributed by atoms with Gasteiger partial charge in [0, 0.05) is 11.8 Å². The minimum Gasteiger partial charge on any atom is -0.439 e. The van der Waals surface area contributed by atoms with Gasteiger partial charge in [0.05, 0.1) is 12.2 Å². The van der Waals surface area contributed by atoms with Crippen molar-refractivity contribution in [2.45, 2.75) is 19.7 Å².